The number of Topliss-reactive ketones (excluding diaryl/α,β-unsaturated/α-hetero) is 2. The number of carboxylic acid groups (broad SMARTS) is 2. The predicted molar refractivity (Wildman–Crippen MR) is 83.2 cm³/mol. The average molecular weight is 433 g/mol. The van der Waals surface area contributed by atoms with Crippen molar-refractivity contribution in [3.05, 3.63) is 0 Å². The van der Waals surface area contributed by atoms with Crippen LogP contribution in [0.2, 0.25) is 0 Å². The predicted octanol–water partition coefficient (Wildman–Crippen LogP) is -0.117. The second-order valence-corrected chi connectivity index (χ2v) is 5.27. The van der Waals surface area contributed by atoms with E-state index in [-0.39, 0.29) is 35.5 Å². The zero-order valence-electron chi connectivity index (χ0n) is 14.8. The first kappa shape index (κ1) is 27.0. The van der Waals surface area contributed by atoms with Gasteiger partial charge in [0.2, 0.25) is 0 Å². The van der Waals surface area contributed by atoms with Gasteiger partial charge in [0.15, 0.2) is 0 Å². The van der Waals surface area contributed by atoms with Gasteiger partial charge in [-0.25, -0.2) is 0 Å². The number of hydrogen-bond acceptors (Lipinski definition) is 6. The molecule has 0 rings (SSSR count). The summed E-state index contributed by atoms with van der Waals surface area (Å²) in [6.45, 7) is 9.31. The maximum absolute atomic E-state index is 10.9. The smallest absolute Gasteiger partial charge is 0.549 e. The minimum Gasteiger partial charge on any atom is -0.549 e. The molecule has 0 aliphatic heterocycles. The quantitative estimate of drug-likeness (QED) is 0.390. The fraction of sp³-hybridized carbons (Fsp3) is 0.750. The van der Waals surface area contributed by atoms with Gasteiger partial charge in [-0.1, -0.05) is 27.7 Å². The van der Waals surface area contributed by atoms with Crippen molar-refractivity contribution in [2.24, 2.45) is 10.8 Å². The molecule has 0 aromatic rings. The fourth-order valence-electron chi connectivity index (χ4n) is 2.36. The van der Waals surface area contributed by atoms with Gasteiger partial charge in [-0.05, 0) is 39.5 Å². The molecular weight excluding hydrogens is 407 g/mol. The molecule has 0 aromatic heterocycles. The van der Waals surface area contributed by atoms with E-state index < -0.39 is 22.8 Å². The summed E-state index contributed by atoms with van der Waals surface area (Å²) in [5.41, 5.74) is -2.50. The van der Waals surface area contributed by atoms with Crippen LogP contribution in [0, 0.1) is 10.8 Å². The number of aliphatic carboxylic acids is 2. The molecular formula is C16H26O6Sn. The Morgan fingerprint density at radius 1 is 0.652 bits per heavy atom. The van der Waals surface area contributed by atoms with Gasteiger partial charge in [-0.15, -0.1) is 0 Å². The molecule has 0 saturated heterocycles. The molecule has 0 unspecified atom stereocenters. The second kappa shape index (κ2) is 11.6. The van der Waals surface area contributed by atoms with Gasteiger partial charge >= 0.3 is 23.9 Å². The molecule has 0 saturated carbocycles. The van der Waals surface area contributed by atoms with Crippen LogP contribution in [0.15, 0.2) is 0 Å². The SMILES string of the molecule is CCC(CC)(C(C)=O)C(=O)[O-].CCC(CC)(C(C)=O)C(=O)[O-].[Sn+2]. The molecule has 0 bridgehead atoms. The summed E-state index contributed by atoms with van der Waals surface area (Å²) in [4.78, 5) is 43.1. The Kier molecular flexibility index (Phi) is 13.6. The van der Waals surface area contributed by atoms with Crippen LogP contribution in [-0.2, 0) is 19.2 Å². The molecule has 0 aromatic carbocycles. The van der Waals surface area contributed by atoms with E-state index >= 15 is 0 Å². The average Bonchev–Trinajstić information content (AvgIpc) is 2.41. The molecule has 0 heterocycles. The maximum Gasteiger partial charge on any atom is 2.00 e. The zero-order valence-corrected chi connectivity index (χ0v) is 17.6. The first-order valence-corrected chi connectivity index (χ1v) is 7.47. The first-order chi connectivity index (χ1) is 10.0. The van der Waals surface area contributed by atoms with Crippen LogP contribution >= 0.6 is 0 Å². The molecule has 2 radical (unpaired) electrons. The standard InChI is InChI=1S/2C8H14O3.Sn/c2*1-4-8(5-2,6(3)9)7(10)11;/h2*4-5H2,1-3H3,(H,10,11);/q;;+2/p-2. The van der Waals surface area contributed by atoms with E-state index in [9.17, 15) is 29.4 Å². The number of rotatable bonds is 8. The van der Waals surface area contributed by atoms with E-state index in [1.165, 1.54) is 13.8 Å². The van der Waals surface area contributed by atoms with Crippen molar-refractivity contribution in [1.82, 2.24) is 0 Å². The normalized spacial score (nSPS) is 10.7. The molecule has 130 valence electrons. The molecule has 0 aliphatic rings. The van der Waals surface area contributed by atoms with Crippen molar-refractivity contribution in [3.63, 3.8) is 0 Å². The summed E-state index contributed by atoms with van der Waals surface area (Å²) in [7, 11) is 0. The minimum atomic E-state index is -1.25. The monoisotopic (exact) mass is 434 g/mol. The van der Waals surface area contributed by atoms with Crippen molar-refractivity contribution >= 4 is 47.4 Å². The van der Waals surface area contributed by atoms with Gasteiger partial charge in [0.05, 0.1) is 22.8 Å². The zero-order chi connectivity index (χ0) is 18.1. The van der Waals surface area contributed by atoms with E-state index in [1.807, 2.05) is 0 Å². The van der Waals surface area contributed by atoms with Crippen molar-refractivity contribution in [2.45, 2.75) is 67.2 Å². The fourth-order valence-corrected chi connectivity index (χ4v) is 2.36. The molecule has 0 fully saturated rings. The molecule has 7 heteroatoms. The summed E-state index contributed by atoms with van der Waals surface area (Å²) in [6, 6.07) is 0. The van der Waals surface area contributed by atoms with Crippen molar-refractivity contribution < 1.29 is 29.4 Å². The summed E-state index contributed by atoms with van der Waals surface area (Å²) in [5.74, 6) is -3.14. The number of carboxylic acids is 2. The Labute approximate surface area is 155 Å². The molecule has 0 aliphatic carbocycles. The third-order valence-electron chi connectivity index (χ3n) is 4.54. The number of hydrogen-bond donors (Lipinski definition) is 0. The molecule has 0 N–H and O–H groups in total. The third-order valence-corrected chi connectivity index (χ3v) is 4.54. The largest absolute Gasteiger partial charge is 2.00 e. The molecule has 6 nitrogen and oxygen atoms in total. The van der Waals surface area contributed by atoms with E-state index in [0.717, 1.165) is 0 Å². The summed E-state index contributed by atoms with van der Waals surface area (Å²) in [6.07, 6.45) is 1.23. The summed E-state index contributed by atoms with van der Waals surface area (Å²) in [5, 5.41) is 21.2. The Bertz CT molecular complexity index is 350. The molecule has 0 atom stereocenters. The topological polar surface area (TPSA) is 114 Å². The molecule has 0 amide bonds. The number of ketones is 2. The Morgan fingerprint density at radius 3 is 0.826 bits per heavy atom. The molecule has 0 spiro atoms. The van der Waals surface area contributed by atoms with Gasteiger partial charge in [-0.3, -0.25) is 9.59 Å². The summed E-state index contributed by atoms with van der Waals surface area (Å²) < 4.78 is 0. The van der Waals surface area contributed by atoms with E-state index in [1.54, 1.807) is 27.7 Å². The van der Waals surface area contributed by atoms with Crippen LogP contribution in [0.3, 0.4) is 0 Å². The summed E-state index contributed by atoms with van der Waals surface area (Å²) >= 11 is 0. The van der Waals surface area contributed by atoms with Crippen molar-refractivity contribution in [3.8, 4) is 0 Å². The second-order valence-electron chi connectivity index (χ2n) is 5.27. The Morgan fingerprint density at radius 2 is 0.826 bits per heavy atom. The van der Waals surface area contributed by atoms with Crippen LogP contribution in [0.5, 0.6) is 0 Å². The van der Waals surface area contributed by atoms with Gasteiger partial charge in [0.1, 0.15) is 11.6 Å². The van der Waals surface area contributed by atoms with Crippen molar-refractivity contribution in [1.29, 1.82) is 0 Å². The minimum absolute atomic E-state index is 0. The first-order valence-electron chi connectivity index (χ1n) is 7.47. The molecule has 23 heavy (non-hydrogen) atoms. The van der Waals surface area contributed by atoms with Gasteiger partial charge < -0.3 is 19.8 Å². The number of carbonyl (C=O) groups is 4. The van der Waals surface area contributed by atoms with Crippen LogP contribution in [-0.4, -0.2) is 47.4 Å². The Balaban J connectivity index is -0.000000333. The van der Waals surface area contributed by atoms with Gasteiger partial charge in [-0.2, -0.15) is 0 Å². The van der Waals surface area contributed by atoms with Gasteiger partial charge in [0.25, 0.3) is 0 Å². The van der Waals surface area contributed by atoms with E-state index in [4.69, 9.17) is 0 Å². The van der Waals surface area contributed by atoms with Gasteiger partial charge in [0, 0.05) is 0 Å². The van der Waals surface area contributed by atoms with Crippen LogP contribution in [0.25, 0.3) is 0 Å². The van der Waals surface area contributed by atoms with E-state index in [2.05, 4.69) is 0 Å². The maximum atomic E-state index is 10.9. The van der Waals surface area contributed by atoms with Crippen LogP contribution < -0.4 is 10.2 Å². The Hall–Kier alpha value is -0.921. The number of carbonyl (C=O) groups excluding carboxylic acids is 4. The van der Waals surface area contributed by atoms with Crippen LogP contribution in [0.4, 0.5) is 0 Å². The van der Waals surface area contributed by atoms with E-state index in [0.29, 0.717) is 25.7 Å². The van der Waals surface area contributed by atoms with Crippen molar-refractivity contribution in [2.75, 3.05) is 0 Å². The van der Waals surface area contributed by atoms with Crippen LogP contribution in [0.1, 0.15) is 67.2 Å². The third kappa shape index (κ3) is 6.24.